The first-order valence-corrected chi connectivity index (χ1v) is 5.63. The molecule has 1 N–H and O–H groups in total. The lowest BCUT2D eigenvalue weighted by molar-refractivity contribution is -0.143. The fourth-order valence-electron chi connectivity index (χ4n) is 1.60. The highest BCUT2D eigenvalue weighted by Crippen LogP contribution is 2.09. The summed E-state index contributed by atoms with van der Waals surface area (Å²) >= 11 is 0. The van der Waals surface area contributed by atoms with E-state index in [1.807, 2.05) is 11.8 Å². The van der Waals surface area contributed by atoms with Gasteiger partial charge >= 0.3 is 5.97 Å². The van der Waals surface area contributed by atoms with Gasteiger partial charge in [0.15, 0.2) is 0 Å². The molecule has 0 aliphatic rings. The zero-order valence-corrected chi connectivity index (χ0v) is 10.0. The number of rotatable bonds is 9. The van der Waals surface area contributed by atoms with Crippen molar-refractivity contribution < 1.29 is 14.6 Å². The molecule has 1 unspecified atom stereocenters. The predicted octanol–water partition coefficient (Wildman–Crippen LogP) is 1.60. The van der Waals surface area contributed by atoms with Crippen LogP contribution in [0.4, 0.5) is 0 Å². The molecule has 0 radical (unpaired) electrons. The standard InChI is InChI=1S/C11H23NO3/c1-4-6-7-10(11(13)14)12(5-2)8-9-15-3/h10H,4-9H2,1-3H3,(H,13,14). The molecule has 0 aromatic rings. The smallest absolute Gasteiger partial charge is 0.320 e. The average molecular weight is 217 g/mol. The third-order valence-corrected chi connectivity index (χ3v) is 2.55. The molecule has 15 heavy (non-hydrogen) atoms. The van der Waals surface area contributed by atoms with Crippen LogP contribution < -0.4 is 0 Å². The Kier molecular flexibility index (Phi) is 8.33. The molecule has 0 aromatic heterocycles. The maximum atomic E-state index is 11.1. The van der Waals surface area contributed by atoms with E-state index in [9.17, 15) is 4.79 Å². The minimum absolute atomic E-state index is 0.356. The number of ether oxygens (including phenoxy) is 1. The molecule has 1 atom stereocenters. The second-order valence-electron chi connectivity index (χ2n) is 3.62. The number of nitrogens with zero attached hydrogens (tertiary/aromatic N) is 1. The molecule has 0 fully saturated rings. The van der Waals surface area contributed by atoms with Gasteiger partial charge in [-0.25, -0.2) is 0 Å². The van der Waals surface area contributed by atoms with Crippen LogP contribution in [0.2, 0.25) is 0 Å². The van der Waals surface area contributed by atoms with Gasteiger partial charge in [-0.3, -0.25) is 9.69 Å². The van der Waals surface area contributed by atoms with E-state index in [0.717, 1.165) is 25.8 Å². The van der Waals surface area contributed by atoms with Gasteiger partial charge in [0.2, 0.25) is 0 Å². The average Bonchev–Trinajstić information content (AvgIpc) is 2.22. The van der Waals surface area contributed by atoms with Crippen LogP contribution in [0, 0.1) is 0 Å². The summed E-state index contributed by atoms with van der Waals surface area (Å²) < 4.78 is 4.97. The number of hydrogen-bond acceptors (Lipinski definition) is 3. The van der Waals surface area contributed by atoms with Gasteiger partial charge in [-0.15, -0.1) is 0 Å². The number of aliphatic carboxylic acids is 1. The van der Waals surface area contributed by atoms with Crippen LogP contribution in [0.3, 0.4) is 0 Å². The summed E-state index contributed by atoms with van der Waals surface area (Å²) in [7, 11) is 1.63. The van der Waals surface area contributed by atoms with Crippen LogP contribution in [0.25, 0.3) is 0 Å². The number of unbranched alkanes of at least 4 members (excludes halogenated alkanes) is 1. The molecule has 0 saturated heterocycles. The summed E-state index contributed by atoms with van der Waals surface area (Å²) in [5, 5.41) is 9.12. The zero-order valence-electron chi connectivity index (χ0n) is 10.0. The number of hydrogen-bond donors (Lipinski definition) is 1. The van der Waals surface area contributed by atoms with Gasteiger partial charge in [-0.1, -0.05) is 26.7 Å². The van der Waals surface area contributed by atoms with Crippen molar-refractivity contribution in [3.05, 3.63) is 0 Å². The molecular formula is C11H23NO3. The molecule has 0 spiro atoms. The van der Waals surface area contributed by atoms with Gasteiger partial charge in [0.25, 0.3) is 0 Å². The predicted molar refractivity (Wildman–Crippen MR) is 60.1 cm³/mol. The summed E-state index contributed by atoms with van der Waals surface area (Å²) in [4.78, 5) is 13.0. The largest absolute Gasteiger partial charge is 0.480 e. The number of carboxylic acid groups (broad SMARTS) is 1. The third kappa shape index (κ3) is 5.74. The Morgan fingerprint density at radius 3 is 2.53 bits per heavy atom. The monoisotopic (exact) mass is 217 g/mol. The van der Waals surface area contributed by atoms with E-state index < -0.39 is 5.97 Å². The summed E-state index contributed by atoms with van der Waals surface area (Å²) in [5.74, 6) is -0.721. The first kappa shape index (κ1) is 14.4. The first-order valence-electron chi connectivity index (χ1n) is 5.63. The van der Waals surface area contributed by atoms with Crippen molar-refractivity contribution in [3.63, 3.8) is 0 Å². The van der Waals surface area contributed by atoms with Crippen LogP contribution >= 0.6 is 0 Å². The molecule has 90 valence electrons. The SMILES string of the molecule is CCCCC(C(=O)O)N(CC)CCOC. The fourth-order valence-corrected chi connectivity index (χ4v) is 1.60. The second-order valence-corrected chi connectivity index (χ2v) is 3.62. The van der Waals surface area contributed by atoms with Gasteiger partial charge in [-0.2, -0.15) is 0 Å². The quantitative estimate of drug-likeness (QED) is 0.637. The van der Waals surface area contributed by atoms with Crippen LogP contribution in [0.5, 0.6) is 0 Å². The minimum Gasteiger partial charge on any atom is -0.480 e. The van der Waals surface area contributed by atoms with E-state index in [2.05, 4.69) is 6.92 Å². The number of carbonyl (C=O) groups is 1. The van der Waals surface area contributed by atoms with Gasteiger partial charge in [0.05, 0.1) is 6.61 Å². The molecule has 4 heteroatoms. The van der Waals surface area contributed by atoms with Crippen molar-refractivity contribution in [1.29, 1.82) is 0 Å². The molecule has 0 aromatic carbocycles. The van der Waals surface area contributed by atoms with E-state index in [4.69, 9.17) is 9.84 Å². The van der Waals surface area contributed by atoms with Crippen molar-refractivity contribution >= 4 is 5.97 Å². The molecule has 0 bridgehead atoms. The molecule has 0 saturated carbocycles. The minimum atomic E-state index is -0.721. The zero-order chi connectivity index (χ0) is 11.7. The van der Waals surface area contributed by atoms with Gasteiger partial charge in [0.1, 0.15) is 6.04 Å². The number of carboxylic acids is 1. The summed E-state index contributed by atoms with van der Waals surface area (Å²) in [6.45, 7) is 6.09. The van der Waals surface area contributed by atoms with Crippen LogP contribution in [0.15, 0.2) is 0 Å². The van der Waals surface area contributed by atoms with E-state index in [1.165, 1.54) is 0 Å². The topological polar surface area (TPSA) is 49.8 Å². The van der Waals surface area contributed by atoms with Crippen LogP contribution in [-0.2, 0) is 9.53 Å². The number of likely N-dealkylation sites (N-methyl/N-ethyl adjacent to an activating group) is 1. The Morgan fingerprint density at radius 2 is 2.13 bits per heavy atom. The lowest BCUT2D eigenvalue weighted by atomic mass is 10.1. The second kappa shape index (κ2) is 8.68. The Labute approximate surface area is 92.2 Å². The molecule has 0 amide bonds. The number of methoxy groups -OCH3 is 1. The molecular weight excluding hydrogens is 194 g/mol. The van der Waals surface area contributed by atoms with Crippen molar-refractivity contribution in [1.82, 2.24) is 4.90 Å². The van der Waals surface area contributed by atoms with Gasteiger partial charge in [0, 0.05) is 13.7 Å². The van der Waals surface area contributed by atoms with Crippen molar-refractivity contribution in [3.8, 4) is 0 Å². The van der Waals surface area contributed by atoms with Crippen molar-refractivity contribution in [2.24, 2.45) is 0 Å². The molecule has 4 nitrogen and oxygen atoms in total. The fraction of sp³-hybridized carbons (Fsp3) is 0.909. The van der Waals surface area contributed by atoms with E-state index in [0.29, 0.717) is 13.2 Å². The maximum Gasteiger partial charge on any atom is 0.320 e. The normalized spacial score (nSPS) is 13.1. The van der Waals surface area contributed by atoms with Crippen LogP contribution in [-0.4, -0.2) is 48.8 Å². The van der Waals surface area contributed by atoms with Crippen molar-refractivity contribution in [2.45, 2.75) is 39.2 Å². The highest BCUT2D eigenvalue weighted by molar-refractivity contribution is 5.73. The first-order chi connectivity index (χ1) is 7.17. The maximum absolute atomic E-state index is 11.1. The summed E-state index contributed by atoms with van der Waals surface area (Å²) in [6.07, 6.45) is 2.72. The van der Waals surface area contributed by atoms with Crippen molar-refractivity contribution in [2.75, 3.05) is 26.8 Å². The Morgan fingerprint density at radius 1 is 1.47 bits per heavy atom. The lowest BCUT2D eigenvalue weighted by Crippen LogP contribution is -2.42. The Bertz CT molecular complexity index is 173. The molecule has 0 aliphatic carbocycles. The van der Waals surface area contributed by atoms with E-state index in [1.54, 1.807) is 7.11 Å². The van der Waals surface area contributed by atoms with Gasteiger partial charge in [-0.05, 0) is 13.0 Å². The molecule has 0 heterocycles. The lowest BCUT2D eigenvalue weighted by Gasteiger charge is -2.27. The highest BCUT2D eigenvalue weighted by Gasteiger charge is 2.23. The van der Waals surface area contributed by atoms with Crippen LogP contribution in [0.1, 0.15) is 33.1 Å². The van der Waals surface area contributed by atoms with E-state index in [-0.39, 0.29) is 6.04 Å². The third-order valence-electron chi connectivity index (χ3n) is 2.55. The molecule has 0 rings (SSSR count). The van der Waals surface area contributed by atoms with Gasteiger partial charge < -0.3 is 9.84 Å². The summed E-state index contributed by atoms with van der Waals surface area (Å²) in [6, 6.07) is -0.356. The Balaban J connectivity index is 4.20. The highest BCUT2D eigenvalue weighted by atomic mass is 16.5. The Hall–Kier alpha value is -0.610. The van der Waals surface area contributed by atoms with E-state index >= 15 is 0 Å². The summed E-state index contributed by atoms with van der Waals surface area (Å²) in [5.41, 5.74) is 0. The molecule has 0 aliphatic heterocycles.